The van der Waals surface area contributed by atoms with Gasteiger partial charge >= 0.3 is 6.03 Å². The lowest BCUT2D eigenvalue weighted by Gasteiger charge is -2.16. The van der Waals surface area contributed by atoms with Crippen LogP contribution in [0.3, 0.4) is 0 Å². The fraction of sp³-hybridized carbons (Fsp3) is 0.529. The van der Waals surface area contributed by atoms with Gasteiger partial charge in [0, 0.05) is 23.1 Å². The maximum atomic E-state index is 13.1. The molecule has 0 bridgehead atoms. The molecule has 7 heteroatoms. The van der Waals surface area contributed by atoms with Crippen LogP contribution in [0.25, 0.3) is 0 Å². The van der Waals surface area contributed by atoms with Gasteiger partial charge in [0.1, 0.15) is 5.82 Å². The van der Waals surface area contributed by atoms with Crippen LogP contribution >= 0.6 is 11.8 Å². The SMILES string of the molecule is Cc1cc(F)ccc1NC(=O)CCCC[C@@H]1SC[C@H]2NC(=O)N[C@H]12. The first kappa shape index (κ1) is 17.1. The van der Waals surface area contributed by atoms with Gasteiger partial charge in [0.15, 0.2) is 0 Å². The van der Waals surface area contributed by atoms with Crippen molar-refractivity contribution in [3.8, 4) is 0 Å². The summed E-state index contributed by atoms with van der Waals surface area (Å²) in [5.41, 5.74) is 1.39. The van der Waals surface area contributed by atoms with Crippen molar-refractivity contribution in [2.75, 3.05) is 11.1 Å². The number of urea groups is 1. The number of nitrogens with one attached hydrogen (secondary N) is 3. The molecule has 2 fully saturated rings. The van der Waals surface area contributed by atoms with Crippen LogP contribution in [0.15, 0.2) is 18.2 Å². The molecule has 2 aliphatic heterocycles. The van der Waals surface area contributed by atoms with Crippen LogP contribution in [-0.2, 0) is 4.79 Å². The molecule has 3 atom stereocenters. The molecule has 2 heterocycles. The van der Waals surface area contributed by atoms with E-state index < -0.39 is 0 Å². The summed E-state index contributed by atoms with van der Waals surface area (Å²) in [6, 6.07) is 4.75. The Bertz CT molecular complexity index is 640. The molecule has 1 aromatic rings. The minimum Gasteiger partial charge on any atom is -0.332 e. The molecule has 0 saturated carbocycles. The fourth-order valence-electron chi connectivity index (χ4n) is 3.25. The number of carbonyl (C=O) groups excluding carboxylic acids is 2. The van der Waals surface area contributed by atoms with Gasteiger partial charge in [0.25, 0.3) is 0 Å². The topological polar surface area (TPSA) is 70.2 Å². The number of hydrogen-bond acceptors (Lipinski definition) is 3. The summed E-state index contributed by atoms with van der Waals surface area (Å²) in [7, 11) is 0. The van der Waals surface area contributed by atoms with E-state index in [2.05, 4.69) is 16.0 Å². The van der Waals surface area contributed by atoms with Crippen LogP contribution in [0.1, 0.15) is 31.2 Å². The fourth-order valence-corrected chi connectivity index (χ4v) is 4.80. The lowest BCUT2D eigenvalue weighted by Crippen LogP contribution is -2.36. The van der Waals surface area contributed by atoms with Crippen LogP contribution < -0.4 is 16.0 Å². The van der Waals surface area contributed by atoms with Gasteiger partial charge in [-0.15, -0.1) is 0 Å². The number of benzene rings is 1. The minimum atomic E-state index is -0.300. The third kappa shape index (κ3) is 4.01. The second-order valence-corrected chi connectivity index (χ2v) is 7.65. The van der Waals surface area contributed by atoms with Crippen molar-refractivity contribution in [2.45, 2.75) is 49.9 Å². The Morgan fingerprint density at radius 1 is 1.38 bits per heavy atom. The highest BCUT2D eigenvalue weighted by Gasteiger charge is 2.42. The van der Waals surface area contributed by atoms with E-state index >= 15 is 0 Å². The van der Waals surface area contributed by atoms with Crippen molar-refractivity contribution in [2.24, 2.45) is 0 Å². The maximum Gasteiger partial charge on any atom is 0.315 e. The molecule has 3 amide bonds. The number of aryl methyl sites for hydroxylation is 1. The third-order valence-corrected chi connectivity index (χ3v) is 6.05. The van der Waals surface area contributed by atoms with E-state index in [4.69, 9.17) is 0 Å². The van der Waals surface area contributed by atoms with Gasteiger partial charge in [-0.2, -0.15) is 11.8 Å². The van der Waals surface area contributed by atoms with E-state index in [9.17, 15) is 14.0 Å². The number of fused-ring (bicyclic) bond motifs is 1. The molecular weight excluding hydrogens is 329 g/mol. The molecule has 0 spiro atoms. The number of carbonyl (C=O) groups is 2. The van der Waals surface area contributed by atoms with Crippen molar-refractivity contribution < 1.29 is 14.0 Å². The smallest absolute Gasteiger partial charge is 0.315 e. The highest BCUT2D eigenvalue weighted by molar-refractivity contribution is 8.00. The summed E-state index contributed by atoms with van der Waals surface area (Å²) in [6.45, 7) is 1.77. The van der Waals surface area contributed by atoms with Crippen LogP contribution in [0, 0.1) is 12.7 Å². The molecule has 1 aromatic carbocycles. The first-order valence-electron chi connectivity index (χ1n) is 8.27. The highest BCUT2D eigenvalue weighted by Crippen LogP contribution is 2.33. The van der Waals surface area contributed by atoms with E-state index in [0.717, 1.165) is 30.6 Å². The summed E-state index contributed by atoms with van der Waals surface area (Å²) >= 11 is 1.89. The predicted molar refractivity (Wildman–Crippen MR) is 93.7 cm³/mol. The van der Waals surface area contributed by atoms with Crippen molar-refractivity contribution >= 4 is 29.4 Å². The Labute approximate surface area is 145 Å². The average Bonchev–Trinajstić information content (AvgIpc) is 3.06. The number of hydrogen-bond donors (Lipinski definition) is 3. The molecule has 2 saturated heterocycles. The standard InChI is InChI=1S/C17H22FN3O2S/c1-10-8-11(18)6-7-12(10)19-15(22)5-3-2-4-14-16-13(9-24-14)20-17(23)21-16/h6-8,13-14,16H,2-5,9H2,1H3,(H,19,22)(H2,20,21,23)/t13-,14+,16+/m1/s1. The first-order valence-corrected chi connectivity index (χ1v) is 9.32. The van der Waals surface area contributed by atoms with Gasteiger partial charge in [-0.1, -0.05) is 6.42 Å². The van der Waals surface area contributed by atoms with Gasteiger partial charge in [-0.25, -0.2) is 9.18 Å². The van der Waals surface area contributed by atoms with E-state index in [-0.39, 0.29) is 29.8 Å². The van der Waals surface area contributed by atoms with E-state index in [0.29, 0.717) is 17.4 Å². The van der Waals surface area contributed by atoms with Gasteiger partial charge < -0.3 is 16.0 Å². The molecule has 5 nitrogen and oxygen atoms in total. The van der Waals surface area contributed by atoms with Gasteiger partial charge in [0.05, 0.1) is 12.1 Å². The molecule has 0 radical (unpaired) electrons. The maximum absolute atomic E-state index is 13.1. The molecule has 0 unspecified atom stereocenters. The van der Waals surface area contributed by atoms with E-state index in [1.165, 1.54) is 12.1 Å². The Morgan fingerprint density at radius 2 is 2.21 bits per heavy atom. The van der Waals surface area contributed by atoms with E-state index in [1.54, 1.807) is 13.0 Å². The van der Waals surface area contributed by atoms with Crippen LogP contribution in [0.4, 0.5) is 14.9 Å². The summed E-state index contributed by atoms with van der Waals surface area (Å²) in [5, 5.41) is 9.17. The molecule has 3 N–H and O–H groups in total. The Kier molecular flexibility index (Phi) is 5.28. The summed E-state index contributed by atoms with van der Waals surface area (Å²) in [6.07, 6.45) is 3.21. The molecular formula is C17H22FN3O2S. The normalized spacial score (nSPS) is 25.1. The number of anilines is 1. The quantitative estimate of drug-likeness (QED) is 0.545. The number of amides is 3. The summed E-state index contributed by atoms with van der Waals surface area (Å²) in [5.74, 6) is 0.613. The zero-order valence-corrected chi connectivity index (χ0v) is 14.4. The van der Waals surface area contributed by atoms with Crippen molar-refractivity contribution in [1.29, 1.82) is 0 Å². The second-order valence-electron chi connectivity index (χ2n) is 6.38. The molecule has 130 valence electrons. The molecule has 3 rings (SSSR count). The number of halogens is 1. The Morgan fingerprint density at radius 3 is 3.00 bits per heavy atom. The highest BCUT2D eigenvalue weighted by atomic mass is 32.2. The Balaban J connectivity index is 1.37. The van der Waals surface area contributed by atoms with Gasteiger partial charge in [0.2, 0.25) is 5.91 Å². The molecule has 0 aromatic heterocycles. The van der Waals surface area contributed by atoms with Crippen LogP contribution in [0.2, 0.25) is 0 Å². The van der Waals surface area contributed by atoms with Gasteiger partial charge in [-0.3, -0.25) is 4.79 Å². The lowest BCUT2D eigenvalue weighted by atomic mass is 10.0. The van der Waals surface area contributed by atoms with Crippen molar-refractivity contribution in [1.82, 2.24) is 10.6 Å². The molecule has 2 aliphatic rings. The van der Waals surface area contributed by atoms with Crippen LogP contribution in [-0.4, -0.2) is 35.0 Å². The molecule has 0 aliphatic carbocycles. The van der Waals surface area contributed by atoms with Crippen molar-refractivity contribution in [3.63, 3.8) is 0 Å². The van der Waals surface area contributed by atoms with Gasteiger partial charge in [-0.05, 0) is 43.5 Å². The zero-order chi connectivity index (χ0) is 17.1. The monoisotopic (exact) mass is 351 g/mol. The third-order valence-electron chi connectivity index (χ3n) is 4.54. The largest absolute Gasteiger partial charge is 0.332 e. The average molecular weight is 351 g/mol. The Hall–Kier alpha value is -1.76. The van der Waals surface area contributed by atoms with Crippen LogP contribution in [0.5, 0.6) is 0 Å². The number of unbranched alkanes of at least 4 members (excludes halogenated alkanes) is 1. The van der Waals surface area contributed by atoms with E-state index in [1.807, 2.05) is 11.8 Å². The van der Waals surface area contributed by atoms with Crippen molar-refractivity contribution in [3.05, 3.63) is 29.6 Å². The molecule has 24 heavy (non-hydrogen) atoms. The number of rotatable bonds is 6. The second kappa shape index (κ2) is 7.42. The first-order chi connectivity index (χ1) is 11.5. The zero-order valence-electron chi connectivity index (χ0n) is 13.6. The lowest BCUT2D eigenvalue weighted by molar-refractivity contribution is -0.116. The number of thioether (sulfide) groups is 1. The summed E-state index contributed by atoms with van der Waals surface area (Å²) < 4.78 is 13.1. The summed E-state index contributed by atoms with van der Waals surface area (Å²) in [4.78, 5) is 23.3. The minimum absolute atomic E-state index is 0.0440. The predicted octanol–water partition coefficient (Wildman–Crippen LogP) is 2.80.